The molecule has 144 valence electrons. The van der Waals surface area contributed by atoms with Crippen LogP contribution in [0.15, 0.2) is 46.5 Å². The normalized spacial score (nSPS) is 16.5. The Balaban J connectivity index is 1.98. The molecule has 0 bridgehead atoms. The Morgan fingerprint density at radius 2 is 1.79 bits per heavy atom. The molecule has 0 fully saturated rings. The van der Waals surface area contributed by atoms with Crippen LogP contribution < -0.4 is 16.8 Å². The quantitative estimate of drug-likeness (QED) is 0.522. The van der Waals surface area contributed by atoms with Crippen LogP contribution in [0.2, 0.25) is 5.15 Å². The van der Waals surface area contributed by atoms with Crippen LogP contribution in [0.3, 0.4) is 0 Å². The van der Waals surface area contributed by atoms with Crippen molar-refractivity contribution in [2.75, 3.05) is 0 Å². The molecule has 0 saturated carbocycles. The fraction of sp³-hybridized carbons (Fsp3) is 0.0625. The summed E-state index contributed by atoms with van der Waals surface area (Å²) in [6.07, 6.45) is -4.71. The Hall–Kier alpha value is -3.18. The molecule has 0 atom stereocenters. The molecular weight excluding hydrogens is 402 g/mol. The molecular formula is C16H10ClF4N7. The van der Waals surface area contributed by atoms with Gasteiger partial charge in [-0.15, -0.1) is 10.6 Å². The van der Waals surface area contributed by atoms with E-state index in [0.29, 0.717) is 5.56 Å². The van der Waals surface area contributed by atoms with E-state index < -0.39 is 17.7 Å². The SMILES string of the molecule is NC1=NC(c2ccc(F)cc2)=C(c2cc(Cl)nc(C(F)(F)F)c2)N2NNN=C12. The van der Waals surface area contributed by atoms with Crippen LogP contribution in [0.4, 0.5) is 17.6 Å². The molecule has 0 radical (unpaired) electrons. The van der Waals surface area contributed by atoms with Crippen molar-refractivity contribution in [1.29, 1.82) is 0 Å². The predicted molar refractivity (Wildman–Crippen MR) is 94.6 cm³/mol. The van der Waals surface area contributed by atoms with Gasteiger partial charge in [-0.2, -0.15) is 13.2 Å². The molecule has 28 heavy (non-hydrogen) atoms. The van der Waals surface area contributed by atoms with E-state index in [1.54, 1.807) is 0 Å². The van der Waals surface area contributed by atoms with E-state index >= 15 is 0 Å². The molecule has 1 aromatic heterocycles. The zero-order chi connectivity index (χ0) is 20.1. The minimum atomic E-state index is -4.71. The zero-order valence-corrected chi connectivity index (χ0v) is 14.5. The second-order valence-electron chi connectivity index (χ2n) is 5.76. The minimum absolute atomic E-state index is 0.0109. The van der Waals surface area contributed by atoms with E-state index in [4.69, 9.17) is 17.3 Å². The smallest absolute Gasteiger partial charge is 0.380 e. The molecule has 3 heterocycles. The van der Waals surface area contributed by atoms with Crippen molar-refractivity contribution < 1.29 is 17.6 Å². The molecule has 0 saturated heterocycles. The lowest BCUT2D eigenvalue weighted by molar-refractivity contribution is -0.141. The van der Waals surface area contributed by atoms with Gasteiger partial charge in [-0.25, -0.2) is 24.9 Å². The van der Waals surface area contributed by atoms with Gasteiger partial charge < -0.3 is 5.73 Å². The lowest BCUT2D eigenvalue weighted by atomic mass is 10.0. The fourth-order valence-electron chi connectivity index (χ4n) is 2.75. The van der Waals surface area contributed by atoms with E-state index in [-0.39, 0.29) is 33.8 Å². The van der Waals surface area contributed by atoms with Crippen LogP contribution in [-0.2, 0) is 6.18 Å². The molecule has 1 aromatic carbocycles. The van der Waals surface area contributed by atoms with Gasteiger partial charge in [0.1, 0.15) is 16.7 Å². The van der Waals surface area contributed by atoms with Gasteiger partial charge in [0, 0.05) is 11.1 Å². The Labute approximate surface area is 160 Å². The molecule has 0 spiro atoms. The number of hydrogen-bond donors (Lipinski definition) is 3. The number of nitrogens with one attached hydrogen (secondary N) is 2. The third-order valence-corrected chi connectivity index (χ3v) is 4.11. The molecule has 12 heteroatoms. The highest BCUT2D eigenvalue weighted by Gasteiger charge is 2.36. The van der Waals surface area contributed by atoms with Gasteiger partial charge >= 0.3 is 6.18 Å². The molecule has 0 unspecified atom stereocenters. The van der Waals surface area contributed by atoms with E-state index in [9.17, 15) is 17.6 Å². The summed E-state index contributed by atoms with van der Waals surface area (Å²) in [4.78, 5) is 7.59. The summed E-state index contributed by atoms with van der Waals surface area (Å²) in [5.74, 6) is -0.313. The maximum absolute atomic E-state index is 13.3. The number of nitrogens with zero attached hydrogens (tertiary/aromatic N) is 4. The molecule has 0 aliphatic carbocycles. The van der Waals surface area contributed by atoms with Gasteiger partial charge in [0.2, 0.25) is 5.84 Å². The van der Waals surface area contributed by atoms with Crippen LogP contribution in [0, 0.1) is 5.82 Å². The number of rotatable bonds is 2. The third kappa shape index (κ3) is 3.14. The van der Waals surface area contributed by atoms with Crippen molar-refractivity contribution in [3.63, 3.8) is 0 Å². The first-order valence-electron chi connectivity index (χ1n) is 7.72. The first-order chi connectivity index (χ1) is 13.2. The summed E-state index contributed by atoms with van der Waals surface area (Å²) >= 11 is 5.83. The first kappa shape index (κ1) is 18.2. The highest BCUT2D eigenvalue weighted by atomic mass is 35.5. The number of aromatic nitrogens is 1. The van der Waals surface area contributed by atoms with E-state index in [0.717, 1.165) is 6.07 Å². The second-order valence-corrected chi connectivity index (χ2v) is 6.14. The number of halogens is 5. The van der Waals surface area contributed by atoms with Crippen LogP contribution >= 0.6 is 11.6 Å². The summed E-state index contributed by atoms with van der Waals surface area (Å²) in [7, 11) is 0. The molecule has 2 aliphatic rings. The topological polar surface area (TPSA) is 90.9 Å². The number of hydrazone groups is 1. The van der Waals surface area contributed by atoms with Gasteiger partial charge in [-0.3, -0.25) is 0 Å². The van der Waals surface area contributed by atoms with Gasteiger partial charge in [0.25, 0.3) is 0 Å². The highest BCUT2D eigenvalue weighted by Crippen LogP contribution is 2.37. The Morgan fingerprint density at radius 1 is 1.07 bits per heavy atom. The van der Waals surface area contributed by atoms with Crippen LogP contribution in [0.5, 0.6) is 0 Å². The number of hydrogen-bond acceptors (Lipinski definition) is 7. The molecule has 0 amide bonds. The molecule has 4 N–H and O–H groups in total. The average molecular weight is 412 g/mol. The lowest BCUT2D eigenvalue weighted by Crippen LogP contribution is -2.46. The van der Waals surface area contributed by atoms with E-state index in [1.165, 1.54) is 35.3 Å². The van der Waals surface area contributed by atoms with Crippen LogP contribution in [0.1, 0.15) is 16.8 Å². The summed E-state index contributed by atoms with van der Waals surface area (Å²) in [5.41, 5.74) is 10.8. The molecule has 2 aliphatic heterocycles. The van der Waals surface area contributed by atoms with Gasteiger partial charge in [-0.1, -0.05) is 11.6 Å². The van der Waals surface area contributed by atoms with Gasteiger partial charge in [-0.05, 0) is 36.4 Å². The first-order valence-corrected chi connectivity index (χ1v) is 8.10. The summed E-state index contributed by atoms with van der Waals surface area (Å²) in [5, 5.41) is 4.88. The minimum Gasteiger partial charge on any atom is -0.380 e. The molecule has 2 aromatic rings. The average Bonchev–Trinajstić information content (AvgIpc) is 3.11. The van der Waals surface area contributed by atoms with Crippen molar-refractivity contribution >= 4 is 34.7 Å². The molecule has 4 rings (SSSR count). The number of pyridine rings is 1. The van der Waals surface area contributed by atoms with Crippen LogP contribution in [-0.4, -0.2) is 21.7 Å². The number of aliphatic imine (C=N–C) groups is 1. The van der Waals surface area contributed by atoms with Crippen LogP contribution in [0.25, 0.3) is 11.4 Å². The Bertz CT molecular complexity index is 1040. The van der Waals surface area contributed by atoms with Crippen molar-refractivity contribution in [3.05, 3.63) is 64.2 Å². The maximum Gasteiger partial charge on any atom is 0.433 e. The summed E-state index contributed by atoms with van der Waals surface area (Å²) in [6, 6.07) is 7.35. The van der Waals surface area contributed by atoms with E-state index in [1.807, 2.05) is 0 Å². The largest absolute Gasteiger partial charge is 0.433 e. The maximum atomic E-state index is 13.3. The second kappa shape index (κ2) is 6.46. The summed E-state index contributed by atoms with van der Waals surface area (Å²) in [6.45, 7) is 0. The summed E-state index contributed by atoms with van der Waals surface area (Å²) < 4.78 is 53.0. The number of alkyl halides is 3. The van der Waals surface area contributed by atoms with E-state index in [2.05, 4.69) is 26.1 Å². The van der Waals surface area contributed by atoms with Crippen molar-refractivity contribution in [1.82, 2.24) is 21.1 Å². The zero-order valence-electron chi connectivity index (χ0n) is 13.7. The lowest BCUT2D eigenvalue weighted by Gasteiger charge is -2.28. The number of nitrogens with two attached hydrogens (primary N) is 1. The number of amidine groups is 2. The van der Waals surface area contributed by atoms with Crippen molar-refractivity contribution in [2.45, 2.75) is 6.18 Å². The molecule has 7 nitrogen and oxygen atoms in total. The standard InChI is InChI=1S/C16H10ClF4N7/c17-11-6-8(5-10(23-11)16(19,20)21)13-12(7-1-3-9(18)4-2-7)24-14(22)15-25-26-27-28(13)15/h1-6,26-27H,(H2,22,24). The monoisotopic (exact) mass is 411 g/mol. The van der Waals surface area contributed by atoms with Crippen molar-refractivity contribution in [3.8, 4) is 0 Å². The van der Waals surface area contributed by atoms with Gasteiger partial charge in [0.15, 0.2) is 5.84 Å². The number of benzene rings is 1. The Kier molecular flexibility index (Phi) is 4.20. The third-order valence-electron chi connectivity index (χ3n) is 3.92. The number of fused-ring (bicyclic) bond motifs is 1. The van der Waals surface area contributed by atoms with Crippen molar-refractivity contribution in [2.24, 2.45) is 15.8 Å². The predicted octanol–water partition coefficient (Wildman–Crippen LogP) is 2.73. The van der Waals surface area contributed by atoms with Gasteiger partial charge in [0.05, 0.1) is 11.4 Å². The number of hydrazine groups is 2. The Morgan fingerprint density at radius 3 is 2.46 bits per heavy atom. The highest BCUT2D eigenvalue weighted by molar-refractivity contribution is 6.43. The fourth-order valence-corrected chi connectivity index (χ4v) is 2.96.